The summed E-state index contributed by atoms with van der Waals surface area (Å²) < 4.78 is 50.1. The smallest absolute Gasteiger partial charge is 0.343 e. The van der Waals surface area contributed by atoms with Gasteiger partial charge >= 0.3 is 17.9 Å². The van der Waals surface area contributed by atoms with Crippen molar-refractivity contribution >= 4 is 6.03 Å². The molecule has 15 heteroatoms. The quantitative estimate of drug-likeness (QED) is 0.237. The fraction of sp³-hybridized carbons (Fsp3) is 0.333. The van der Waals surface area contributed by atoms with E-state index in [1.807, 2.05) is 0 Å². The number of alkyl halides is 3. The molecule has 1 amide bonds. The molecule has 0 atom stereocenters. The maximum Gasteiger partial charge on any atom is 0.416 e. The molecular formula is C33H33F3N9O3+. The van der Waals surface area contributed by atoms with Crippen molar-refractivity contribution in [1.29, 1.82) is 5.26 Å². The highest BCUT2D eigenvalue weighted by Gasteiger charge is 2.36. The summed E-state index contributed by atoms with van der Waals surface area (Å²) in [6.45, 7) is 2.16. The number of quaternary nitrogens is 1. The third kappa shape index (κ3) is 6.26. The van der Waals surface area contributed by atoms with E-state index >= 15 is 0 Å². The number of halogens is 3. The minimum Gasteiger partial charge on any atom is -0.343 e. The molecule has 1 fully saturated rings. The second-order valence-electron chi connectivity index (χ2n) is 12.5. The van der Waals surface area contributed by atoms with Gasteiger partial charge in [0.1, 0.15) is 12.2 Å². The van der Waals surface area contributed by atoms with E-state index in [0.29, 0.717) is 46.6 Å². The average Bonchev–Trinajstić information content (AvgIpc) is 3.80. The Morgan fingerprint density at radius 3 is 2.46 bits per heavy atom. The van der Waals surface area contributed by atoms with E-state index in [4.69, 9.17) is 4.52 Å². The van der Waals surface area contributed by atoms with Gasteiger partial charge < -0.3 is 14.3 Å². The minimum atomic E-state index is -4.64. The first-order valence-electron chi connectivity index (χ1n) is 15.3. The summed E-state index contributed by atoms with van der Waals surface area (Å²) in [6.07, 6.45) is 1.08. The van der Waals surface area contributed by atoms with E-state index in [-0.39, 0.29) is 29.2 Å². The Labute approximate surface area is 273 Å². The van der Waals surface area contributed by atoms with Gasteiger partial charge in [-0.05, 0) is 68.3 Å². The van der Waals surface area contributed by atoms with Gasteiger partial charge in [0.25, 0.3) is 0 Å². The fourth-order valence-electron chi connectivity index (χ4n) is 6.50. The lowest BCUT2D eigenvalue weighted by Crippen LogP contribution is -2.52. The van der Waals surface area contributed by atoms with E-state index in [1.165, 1.54) is 29.4 Å². The van der Waals surface area contributed by atoms with Crippen molar-refractivity contribution in [2.75, 3.05) is 14.1 Å². The van der Waals surface area contributed by atoms with Gasteiger partial charge in [-0.25, -0.2) is 18.8 Å². The zero-order chi connectivity index (χ0) is 34.2. The Bertz CT molecular complexity index is 2030. The fourth-order valence-corrected chi connectivity index (χ4v) is 6.50. The van der Waals surface area contributed by atoms with Gasteiger partial charge in [0.2, 0.25) is 12.2 Å². The summed E-state index contributed by atoms with van der Waals surface area (Å²) in [5, 5.41) is 20.6. The lowest BCUT2D eigenvalue weighted by Gasteiger charge is -2.41. The van der Waals surface area contributed by atoms with Crippen molar-refractivity contribution in [2.24, 2.45) is 0 Å². The van der Waals surface area contributed by atoms with Gasteiger partial charge in [-0.15, -0.1) is 0 Å². The van der Waals surface area contributed by atoms with Crippen LogP contribution in [0.2, 0.25) is 0 Å². The molecule has 2 aromatic carbocycles. The largest absolute Gasteiger partial charge is 0.416 e. The molecule has 1 saturated carbocycles. The molecule has 3 heterocycles. The number of hydrogen-bond acceptors (Lipinski definition) is 7. The first-order valence-corrected chi connectivity index (χ1v) is 15.3. The van der Waals surface area contributed by atoms with Crippen molar-refractivity contribution in [1.82, 2.24) is 34.4 Å². The number of carbonyl (C=O) groups excluding carboxylic acids is 1. The molecule has 0 spiro atoms. The summed E-state index contributed by atoms with van der Waals surface area (Å²) in [4.78, 5) is 32.3. The van der Waals surface area contributed by atoms with Crippen LogP contribution in [-0.4, -0.2) is 65.7 Å². The van der Waals surface area contributed by atoms with Gasteiger partial charge in [-0.3, -0.25) is 4.57 Å². The van der Waals surface area contributed by atoms with Gasteiger partial charge in [0.15, 0.2) is 0 Å². The third-order valence-electron chi connectivity index (χ3n) is 9.01. The molecule has 248 valence electrons. The van der Waals surface area contributed by atoms with Crippen LogP contribution in [0.25, 0.3) is 22.8 Å². The number of aromatic nitrogens is 6. The summed E-state index contributed by atoms with van der Waals surface area (Å²) in [5.74, 6) is 0.614. The molecule has 0 radical (unpaired) electrons. The second-order valence-corrected chi connectivity index (χ2v) is 12.5. The molecule has 0 aliphatic heterocycles. The number of nitriles is 1. The Kier molecular flexibility index (Phi) is 8.52. The highest BCUT2D eigenvalue weighted by atomic mass is 19.4. The molecule has 0 bridgehead atoms. The van der Waals surface area contributed by atoms with Crippen molar-refractivity contribution in [3.8, 4) is 28.8 Å². The number of amides is 1. The number of nitrogens with one attached hydrogen (secondary N) is 1. The van der Waals surface area contributed by atoms with Crippen LogP contribution in [0.15, 0.2) is 76.5 Å². The van der Waals surface area contributed by atoms with Gasteiger partial charge in [-0.2, -0.15) is 28.5 Å². The predicted octanol–water partition coefficient (Wildman–Crippen LogP) is 5.22. The van der Waals surface area contributed by atoms with Crippen LogP contribution in [0.4, 0.5) is 18.0 Å². The number of nitrogens with zero attached hydrogens (tertiary/aromatic N) is 8. The number of rotatable bonds is 7. The van der Waals surface area contributed by atoms with Crippen LogP contribution >= 0.6 is 0 Å². The zero-order valence-corrected chi connectivity index (χ0v) is 26.5. The van der Waals surface area contributed by atoms with E-state index in [9.17, 15) is 28.0 Å². The van der Waals surface area contributed by atoms with Crippen LogP contribution in [0.5, 0.6) is 0 Å². The third-order valence-corrected chi connectivity index (χ3v) is 9.01. The SMILES string of the molecule is Cc1c(-c2ccnn2-c2ccc(C#N)cc2)n(C(=O)NC2CCC([N+](C)(C)Cc3ncon3)CC2)c(=O)n1-c1cccc(C(F)(F)F)c1. The lowest BCUT2D eigenvalue weighted by molar-refractivity contribution is -0.929. The molecule has 6 rings (SSSR count). The molecule has 5 aromatic rings. The average molecular weight is 661 g/mol. The molecule has 3 aromatic heterocycles. The monoisotopic (exact) mass is 660 g/mol. The molecular weight excluding hydrogens is 627 g/mol. The van der Waals surface area contributed by atoms with Crippen LogP contribution in [0.3, 0.4) is 0 Å². The first kappa shape index (κ1) is 32.5. The number of benzene rings is 2. The van der Waals surface area contributed by atoms with E-state index in [1.54, 1.807) is 37.3 Å². The number of carbonyl (C=O) groups is 1. The van der Waals surface area contributed by atoms with Crippen LogP contribution in [0, 0.1) is 18.3 Å². The Balaban J connectivity index is 1.35. The van der Waals surface area contributed by atoms with Crippen molar-refractivity contribution in [3.05, 3.63) is 100 Å². The normalized spacial score (nSPS) is 16.9. The van der Waals surface area contributed by atoms with Crippen molar-refractivity contribution in [3.63, 3.8) is 0 Å². The maximum atomic E-state index is 14.1. The lowest BCUT2D eigenvalue weighted by atomic mass is 9.89. The van der Waals surface area contributed by atoms with Crippen LogP contribution < -0.4 is 11.0 Å². The van der Waals surface area contributed by atoms with E-state index in [0.717, 1.165) is 34.1 Å². The van der Waals surface area contributed by atoms with E-state index < -0.39 is 23.5 Å². The summed E-state index contributed by atoms with van der Waals surface area (Å²) in [5.41, 5.74) is -0.0195. The van der Waals surface area contributed by atoms with Crippen molar-refractivity contribution < 1.29 is 27.0 Å². The Morgan fingerprint density at radius 2 is 1.81 bits per heavy atom. The van der Waals surface area contributed by atoms with Crippen LogP contribution in [-0.2, 0) is 12.7 Å². The molecule has 1 N–H and O–H groups in total. The van der Waals surface area contributed by atoms with Gasteiger partial charge in [0.05, 0.1) is 66.3 Å². The summed E-state index contributed by atoms with van der Waals surface area (Å²) in [6, 6.07) is 14.0. The highest BCUT2D eigenvalue weighted by molar-refractivity contribution is 5.83. The predicted molar refractivity (Wildman–Crippen MR) is 167 cm³/mol. The van der Waals surface area contributed by atoms with Crippen LogP contribution in [0.1, 0.15) is 48.3 Å². The highest BCUT2D eigenvalue weighted by Crippen LogP contribution is 2.33. The van der Waals surface area contributed by atoms with Gasteiger partial charge in [-0.1, -0.05) is 11.2 Å². The van der Waals surface area contributed by atoms with E-state index in [2.05, 4.69) is 40.7 Å². The summed E-state index contributed by atoms with van der Waals surface area (Å²) in [7, 11) is 4.20. The second kappa shape index (κ2) is 12.6. The number of imidazole rings is 1. The number of hydrogen-bond donors (Lipinski definition) is 1. The molecule has 12 nitrogen and oxygen atoms in total. The van der Waals surface area contributed by atoms with Crippen molar-refractivity contribution in [2.45, 2.75) is 57.4 Å². The minimum absolute atomic E-state index is 0.0355. The molecule has 0 unspecified atom stereocenters. The molecule has 48 heavy (non-hydrogen) atoms. The zero-order valence-electron chi connectivity index (χ0n) is 26.5. The molecule has 1 aliphatic rings. The molecule has 0 saturated heterocycles. The molecule has 1 aliphatic carbocycles. The standard InChI is InChI=1S/C33H32F3N9O3/c1-21-30(28-15-16-39-44(28)25-11-7-22(18-37)8-12-25)43(32(47)42(21)26-6-4-5-23(17-26)33(34,35)36)31(46)40-24-9-13-27(14-10-24)45(2,3)19-29-38-20-48-41-29/h4-8,11-12,15-17,20,24,27H,9-10,13-14,19H2,1-3H3/p+1. The Morgan fingerprint density at radius 1 is 1.08 bits per heavy atom. The topological polar surface area (TPSA) is 137 Å². The maximum absolute atomic E-state index is 14.1. The first-order chi connectivity index (χ1) is 22.9. The summed E-state index contributed by atoms with van der Waals surface area (Å²) >= 11 is 0. The van der Waals surface area contributed by atoms with Gasteiger partial charge in [0, 0.05) is 18.9 Å². The Hall–Kier alpha value is -5.49.